The standard InChI is InChI=1S/C20H22N4O2S/c1-2-9-21-20(27)24-18(19(25)23-13-15-6-5-10-26-15)11-14-12-22-17-8-4-3-7-16(14)17/h2-8,10,12,18,22H,1,9,11,13H2,(H,23,25)(H2,21,24,27). The van der Waals surface area contributed by atoms with Gasteiger partial charge in [0, 0.05) is 30.1 Å². The molecule has 3 aromatic rings. The van der Waals surface area contributed by atoms with Crippen molar-refractivity contribution in [2.75, 3.05) is 6.54 Å². The van der Waals surface area contributed by atoms with Gasteiger partial charge in [-0.1, -0.05) is 24.3 Å². The number of carbonyl (C=O) groups excluding carboxylic acids is 1. The molecule has 0 aliphatic heterocycles. The van der Waals surface area contributed by atoms with E-state index in [0.717, 1.165) is 16.5 Å². The van der Waals surface area contributed by atoms with Gasteiger partial charge in [-0.05, 0) is 36.0 Å². The summed E-state index contributed by atoms with van der Waals surface area (Å²) in [6.45, 7) is 4.51. The largest absolute Gasteiger partial charge is 0.467 e. The maximum atomic E-state index is 12.8. The zero-order valence-corrected chi connectivity index (χ0v) is 15.6. The van der Waals surface area contributed by atoms with Crippen LogP contribution in [0.4, 0.5) is 0 Å². The number of nitrogens with one attached hydrogen (secondary N) is 4. The van der Waals surface area contributed by atoms with E-state index in [1.54, 1.807) is 18.4 Å². The molecule has 0 aliphatic carbocycles. The fraction of sp³-hybridized carbons (Fsp3) is 0.200. The third-order valence-corrected chi connectivity index (χ3v) is 4.41. The predicted octanol–water partition coefficient (Wildman–Crippen LogP) is 2.64. The topological polar surface area (TPSA) is 82.1 Å². The number of fused-ring (bicyclic) bond motifs is 1. The molecule has 0 saturated carbocycles. The monoisotopic (exact) mass is 382 g/mol. The van der Waals surface area contributed by atoms with Crippen LogP contribution in [0.1, 0.15) is 11.3 Å². The van der Waals surface area contributed by atoms with Crippen LogP contribution in [0.25, 0.3) is 10.9 Å². The van der Waals surface area contributed by atoms with Crippen LogP contribution < -0.4 is 16.0 Å². The summed E-state index contributed by atoms with van der Waals surface area (Å²) in [5.74, 6) is 0.543. The summed E-state index contributed by atoms with van der Waals surface area (Å²) < 4.78 is 5.27. The summed E-state index contributed by atoms with van der Waals surface area (Å²) in [6.07, 6.45) is 5.71. The van der Waals surface area contributed by atoms with Crippen molar-refractivity contribution in [3.63, 3.8) is 0 Å². The van der Waals surface area contributed by atoms with Crippen molar-refractivity contribution in [2.45, 2.75) is 19.0 Å². The number of rotatable bonds is 8. The first-order valence-electron chi connectivity index (χ1n) is 8.67. The van der Waals surface area contributed by atoms with Crippen molar-refractivity contribution < 1.29 is 9.21 Å². The van der Waals surface area contributed by atoms with Gasteiger partial charge in [-0.3, -0.25) is 4.79 Å². The van der Waals surface area contributed by atoms with Crippen LogP contribution in [0.15, 0.2) is 65.9 Å². The predicted molar refractivity (Wildman–Crippen MR) is 110 cm³/mol. The molecular weight excluding hydrogens is 360 g/mol. The highest BCUT2D eigenvalue weighted by molar-refractivity contribution is 7.80. The molecule has 0 aliphatic rings. The first-order valence-corrected chi connectivity index (χ1v) is 9.08. The Morgan fingerprint density at radius 3 is 2.89 bits per heavy atom. The molecule has 7 heteroatoms. The third-order valence-electron chi connectivity index (χ3n) is 4.14. The number of aromatic amines is 1. The second-order valence-corrected chi connectivity index (χ2v) is 6.46. The molecule has 1 amide bonds. The van der Waals surface area contributed by atoms with Gasteiger partial charge in [-0.15, -0.1) is 6.58 Å². The van der Waals surface area contributed by atoms with E-state index < -0.39 is 6.04 Å². The van der Waals surface area contributed by atoms with Gasteiger partial charge in [-0.25, -0.2) is 0 Å². The third kappa shape index (κ3) is 4.98. The lowest BCUT2D eigenvalue weighted by Gasteiger charge is -2.20. The number of thiocarbonyl (C=S) groups is 1. The molecule has 0 saturated heterocycles. The number of aromatic nitrogens is 1. The van der Waals surface area contributed by atoms with Crippen LogP contribution in [0, 0.1) is 0 Å². The molecule has 27 heavy (non-hydrogen) atoms. The number of carbonyl (C=O) groups is 1. The average molecular weight is 382 g/mol. The summed E-state index contributed by atoms with van der Waals surface area (Å²) in [4.78, 5) is 16.0. The SMILES string of the molecule is C=CCNC(=S)NC(Cc1c[nH]c2ccccc12)C(=O)NCc1ccco1. The second-order valence-electron chi connectivity index (χ2n) is 6.06. The summed E-state index contributed by atoms with van der Waals surface area (Å²) in [6, 6.07) is 11.1. The van der Waals surface area contributed by atoms with Gasteiger partial charge in [0.1, 0.15) is 11.8 Å². The molecule has 1 aromatic carbocycles. The van der Waals surface area contributed by atoms with Gasteiger partial charge < -0.3 is 25.4 Å². The van der Waals surface area contributed by atoms with Crippen molar-refractivity contribution in [3.05, 3.63) is 72.8 Å². The highest BCUT2D eigenvalue weighted by atomic mass is 32.1. The lowest BCUT2D eigenvalue weighted by Crippen LogP contribution is -2.50. The lowest BCUT2D eigenvalue weighted by atomic mass is 10.0. The molecule has 4 N–H and O–H groups in total. The maximum absolute atomic E-state index is 12.8. The van der Waals surface area contributed by atoms with Crippen LogP contribution in [-0.4, -0.2) is 28.6 Å². The van der Waals surface area contributed by atoms with E-state index in [4.69, 9.17) is 16.6 Å². The summed E-state index contributed by atoms with van der Waals surface area (Å²) in [5.41, 5.74) is 2.08. The minimum atomic E-state index is -0.524. The number of hydrogen-bond acceptors (Lipinski definition) is 3. The normalized spacial score (nSPS) is 11.7. The van der Waals surface area contributed by atoms with Gasteiger partial charge in [0.05, 0.1) is 12.8 Å². The van der Waals surface area contributed by atoms with Crippen LogP contribution in [0.3, 0.4) is 0 Å². The highest BCUT2D eigenvalue weighted by Crippen LogP contribution is 2.19. The lowest BCUT2D eigenvalue weighted by molar-refractivity contribution is -0.123. The molecule has 6 nitrogen and oxygen atoms in total. The number of hydrogen-bond donors (Lipinski definition) is 4. The average Bonchev–Trinajstić information content (AvgIpc) is 3.34. The van der Waals surface area contributed by atoms with E-state index >= 15 is 0 Å². The van der Waals surface area contributed by atoms with Crippen molar-refractivity contribution in [3.8, 4) is 0 Å². The smallest absolute Gasteiger partial charge is 0.243 e. The number of H-pyrrole nitrogens is 1. The van der Waals surface area contributed by atoms with Crippen molar-refractivity contribution >= 4 is 34.1 Å². The van der Waals surface area contributed by atoms with Crippen molar-refractivity contribution in [2.24, 2.45) is 0 Å². The van der Waals surface area contributed by atoms with Crippen LogP contribution in [0.2, 0.25) is 0 Å². The molecule has 140 valence electrons. The Morgan fingerprint density at radius 1 is 1.26 bits per heavy atom. The minimum absolute atomic E-state index is 0.153. The Hall–Kier alpha value is -3.06. The second kappa shape index (κ2) is 9.05. The van der Waals surface area contributed by atoms with Gasteiger partial charge in [-0.2, -0.15) is 0 Å². The van der Waals surface area contributed by atoms with E-state index in [2.05, 4.69) is 27.5 Å². The zero-order chi connectivity index (χ0) is 19.1. The summed E-state index contributed by atoms with van der Waals surface area (Å²) >= 11 is 5.29. The molecule has 0 radical (unpaired) electrons. The fourth-order valence-corrected chi connectivity index (χ4v) is 3.04. The van der Waals surface area contributed by atoms with Crippen molar-refractivity contribution in [1.82, 2.24) is 20.9 Å². The molecule has 1 unspecified atom stereocenters. The Labute approximate surface area is 163 Å². The quantitative estimate of drug-likeness (QED) is 0.356. The highest BCUT2D eigenvalue weighted by Gasteiger charge is 2.21. The molecule has 2 aromatic heterocycles. The molecule has 1 atom stereocenters. The van der Waals surface area contributed by atoms with Gasteiger partial charge in [0.15, 0.2) is 5.11 Å². The van der Waals surface area contributed by atoms with E-state index in [9.17, 15) is 4.79 Å². The number of para-hydroxylation sites is 1. The van der Waals surface area contributed by atoms with Gasteiger partial charge >= 0.3 is 0 Å². The molecule has 0 bridgehead atoms. The maximum Gasteiger partial charge on any atom is 0.243 e. The number of amides is 1. The molecule has 2 heterocycles. The van der Waals surface area contributed by atoms with Crippen LogP contribution >= 0.6 is 12.2 Å². The first kappa shape index (κ1) is 18.7. The van der Waals surface area contributed by atoms with E-state index in [1.807, 2.05) is 36.5 Å². The zero-order valence-electron chi connectivity index (χ0n) is 14.8. The van der Waals surface area contributed by atoms with E-state index in [0.29, 0.717) is 30.4 Å². The molecule has 0 fully saturated rings. The molecule has 0 spiro atoms. The minimum Gasteiger partial charge on any atom is -0.467 e. The Bertz CT molecular complexity index is 917. The Morgan fingerprint density at radius 2 is 2.11 bits per heavy atom. The van der Waals surface area contributed by atoms with Gasteiger partial charge in [0.2, 0.25) is 5.91 Å². The first-order chi connectivity index (χ1) is 13.2. The summed E-state index contributed by atoms with van der Waals surface area (Å²) in [7, 11) is 0. The van der Waals surface area contributed by atoms with Crippen molar-refractivity contribution in [1.29, 1.82) is 0 Å². The van der Waals surface area contributed by atoms with E-state index in [-0.39, 0.29) is 5.91 Å². The number of furan rings is 1. The van der Waals surface area contributed by atoms with Gasteiger partial charge in [0.25, 0.3) is 0 Å². The molecule has 3 rings (SSSR count). The van der Waals surface area contributed by atoms with Crippen LogP contribution in [-0.2, 0) is 17.8 Å². The van der Waals surface area contributed by atoms with Crippen LogP contribution in [0.5, 0.6) is 0 Å². The fourth-order valence-electron chi connectivity index (χ4n) is 2.81. The molecular formula is C20H22N4O2S. The van der Waals surface area contributed by atoms with E-state index in [1.165, 1.54) is 0 Å². The summed E-state index contributed by atoms with van der Waals surface area (Å²) in [5, 5.41) is 10.5. The number of benzene rings is 1. The Kier molecular flexibility index (Phi) is 6.27. The Balaban J connectivity index is 1.72.